The Kier molecular flexibility index (Phi) is 6.16. The van der Waals surface area contributed by atoms with Gasteiger partial charge in [0, 0.05) is 23.6 Å². The highest BCUT2D eigenvalue weighted by Gasteiger charge is 2.37. The molecule has 1 saturated heterocycles. The van der Waals surface area contributed by atoms with Gasteiger partial charge in [-0.15, -0.1) is 0 Å². The molecule has 1 heterocycles. The van der Waals surface area contributed by atoms with E-state index in [1.807, 2.05) is 30.3 Å². The van der Waals surface area contributed by atoms with Gasteiger partial charge < -0.3 is 9.47 Å². The lowest BCUT2D eigenvalue weighted by Crippen LogP contribution is -2.60. The van der Waals surface area contributed by atoms with E-state index in [2.05, 4.69) is 52.0 Å². The minimum atomic E-state index is -0.264. The van der Waals surface area contributed by atoms with Crippen LogP contribution in [0.25, 0.3) is 0 Å². The van der Waals surface area contributed by atoms with Gasteiger partial charge in [0.2, 0.25) is 0 Å². The van der Waals surface area contributed by atoms with Crippen molar-refractivity contribution >= 4 is 15.9 Å². The molecule has 0 bridgehead atoms. The largest absolute Gasteiger partial charge is 0.485 e. The second kappa shape index (κ2) is 8.97. The molecule has 150 valence electrons. The highest BCUT2D eigenvalue weighted by molar-refractivity contribution is 9.10. The maximum Gasteiger partial charge on any atom is 0.162 e. The van der Waals surface area contributed by atoms with Gasteiger partial charge >= 0.3 is 0 Å². The molecule has 3 aromatic carbocycles. The zero-order chi connectivity index (χ0) is 20.2. The van der Waals surface area contributed by atoms with Crippen molar-refractivity contribution in [3.63, 3.8) is 0 Å². The second-order valence-electron chi connectivity index (χ2n) is 7.32. The summed E-state index contributed by atoms with van der Waals surface area (Å²) >= 11 is 3.51. The molecule has 0 saturated carbocycles. The Bertz CT molecular complexity index is 966. The van der Waals surface area contributed by atoms with E-state index in [9.17, 15) is 4.39 Å². The molecular weight excluding hydrogens is 433 g/mol. The van der Waals surface area contributed by atoms with Crippen LogP contribution in [0.1, 0.15) is 18.1 Å². The third-order valence-electron chi connectivity index (χ3n) is 5.22. The van der Waals surface area contributed by atoms with Crippen molar-refractivity contribution in [2.45, 2.75) is 32.2 Å². The van der Waals surface area contributed by atoms with Crippen LogP contribution < -0.4 is 9.47 Å². The highest BCUT2D eigenvalue weighted by atomic mass is 79.9. The van der Waals surface area contributed by atoms with Crippen LogP contribution >= 0.6 is 15.9 Å². The van der Waals surface area contributed by atoms with Gasteiger partial charge in [-0.05, 0) is 48.4 Å². The SMILES string of the molecule is C[C@@H]1[C@H](Oc2cc(Br)ccc2OCc2cccc(F)c2)CN1Cc1ccccc1. The Morgan fingerprint density at radius 2 is 1.76 bits per heavy atom. The lowest BCUT2D eigenvalue weighted by atomic mass is 9.99. The predicted octanol–water partition coefficient (Wildman–Crippen LogP) is 5.82. The molecule has 29 heavy (non-hydrogen) atoms. The maximum atomic E-state index is 13.4. The van der Waals surface area contributed by atoms with E-state index in [1.54, 1.807) is 6.07 Å². The summed E-state index contributed by atoms with van der Waals surface area (Å²) in [4.78, 5) is 2.39. The molecule has 1 fully saturated rings. The lowest BCUT2D eigenvalue weighted by molar-refractivity contribution is -0.0425. The summed E-state index contributed by atoms with van der Waals surface area (Å²) in [6.45, 7) is 4.26. The summed E-state index contributed by atoms with van der Waals surface area (Å²) in [7, 11) is 0. The van der Waals surface area contributed by atoms with Crippen molar-refractivity contribution in [1.82, 2.24) is 4.90 Å². The number of nitrogens with zero attached hydrogens (tertiary/aromatic N) is 1. The Balaban J connectivity index is 1.39. The standard InChI is InChI=1S/C24H23BrFNO2/c1-17-24(15-27(17)14-18-6-3-2-4-7-18)29-23-13-20(25)10-11-22(23)28-16-19-8-5-9-21(26)12-19/h2-13,17,24H,14-16H2,1H3/t17-,24-/m1/s1. The molecule has 1 aliphatic rings. The van der Waals surface area contributed by atoms with Gasteiger partial charge in [-0.25, -0.2) is 4.39 Å². The predicted molar refractivity (Wildman–Crippen MR) is 116 cm³/mol. The number of likely N-dealkylation sites (tertiary alicyclic amines) is 1. The molecule has 0 radical (unpaired) electrons. The summed E-state index contributed by atoms with van der Waals surface area (Å²) in [5.41, 5.74) is 2.09. The third-order valence-corrected chi connectivity index (χ3v) is 5.72. The van der Waals surface area contributed by atoms with E-state index in [0.717, 1.165) is 23.1 Å². The molecule has 0 amide bonds. The first-order valence-electron chi connectivity index (χ1n) is 9.70. The van der Waals surface area contributed by atoms with Crippen molar-refractivity contribution in [3.8, 4) is 11.5 Å². The van der Waals surface area contributed by atoms with Crippen LogP contribution in [0.5, 0.6) is 11.5 Å². The fourth-order valence-electron chi connectivity index (χ4n) is 3.45. The molecule has 3 nitrogen and oxygen atoms in total. The Hall–Kier alpha value is -2.37. The normalized spacial score (nSPS) is 18.9. The minimum Gasteiger partial charge on any atom is -0.485 e. The lowest BCUT2D eigenvalue weighted by Gasteiger charge is -2.46. The summed E-state index contributed by atoms with van der Waals surface area (Å²) in [5.74, 6) is 1.10. The van der Waals surface area contributed by atoms with Crippen molar-refractivity contribution in [1.29, 1.82) is 0 Å². The Labute approximate surface area is 179 Å². The average Bonchev–Trinajstić information content (AvgIpc) is 2.73. The molecule has 5 heteroatoms. The minimum absolute atomic E-state index is 0.101. The molecule has 1 aliphatic heterocycles. The number of benzene rings is 3. The van der Waals surface area contributed by atoms with Crippen LogP contribution in [0.3, 0.4) is 0 Å². The van der Waals surface area contributed by atoms with E-state index in [4.69, 9.17) is 9.47 Å². The molecule has 0 aliphatic carbocycles. The van der Waals surface area contributed by atoms with E-state index in [0.29, 0.717) is 17.5 Å². The monoisotopic (exact) mass is 455 g/mol. The summed E-state index contributed by atoms with van der Waals surface area (Å²) < 4.78 is 26.5. The van der Waals surface area contributed by atoms with Crippen LogP contribution in [-0.2, 0) is 13.2 Å². The third kappa shape index (κ3) is 4.98. The Morgan fingerprint density at radius 1 is 0.966 bits per heavy atom. The number of ether oxygens (including phenoxy) is 2. The van der Waals surface area contributed by atoms with Crippen molar-refractivity contribution in [3.05, 3.63) is 94.2 Å². The highest BCUT2D eigenvalue weighted by Crippen LogP contribution is 2.35. The fraction of sp³-hybridized carbons (Fsp3) is 0.250. The molecule has 0 N–H and O–H groups in total. The number of rotatable bonds is 7. The fourth-order valence-corrected chi connectivity index (χ4v) is 3.79. The van der Waals surface area contributed by atoms with Gasteiger partial charge in [-0.3, -0.25) is 4.90 Å². The summed E-state index contributed by atoms with van der Waals surface area (Å²) in [6, 6.07) is 22.9. The van der Waals surface area contributed by atoms with Gasteiger partial charge in [0.1, 0.15) is 18.5 Å². The quantitative estimate of drug-likeness (QED) is 0.447. The Morgan fingerprint density at radius 3 is 2.52 bits per heavy atom. The van der Waals surface area contributed by atoms with Gasteiger partial charge in [-0.1, -0.05) is 58.4 Å². The first-order valence-corrected chi connectivity index (χ1v) is 10.5. The van der Waals surface area contributed by atoms with Gasteiger partial charge in [0.05, 0.1) is 0 Å². The van der Waals surface area contributed by atoms with Crippen LogP contribution in [0, 0.1) is 5.82 Å². The molecule has 4 rings (SSSR count). The molecular formula is C24H23BrFNO2. The molecule has 3 aromatic rings. The molecule has 2 atom stereocenters. The zero-order valence-corrected chi connectivity index (χ0v) is 17.8. The number of halogens is 2. The first-order chi connectivity index (χ1) is 14.1. The molecule has 0 aromatic heterocycles. The molecule has 0 unspecified atom stereocenters. The number of hydrogen-bond donors (Lipinski definition) is 0. The topological polar surface area (TPSA) is 21.7 Å². The van der Waals surface area contributed by atoms with E-state index in [-0.39, 0.29) is 18.5 Å². The van der Waals surface area contributed by atoms with Crippen molar-refractivity contribution < 1.29 is 13.9 Å². The van der Waals surface area contributed by atoms with E-state index in [1.165, 1.54) is 17.7 Å². The van der Waals surface area contributed by atoms with Crippen LogP contribution in [0.2, 0.25) is 0 Å². The summed E-state index contributed by atoms with van der Waals surface area (Å²) in [5, 5.41) is 0. The van der Waals surface area contributed by atoms with Crippen LogP contribution in [0.15, 0.2) is 77.3 Å². The van der Waals surface area contributed by atoms with Crippen LogP contribution in [0.4, 0.5) is 4.39 Å². The average molecular weight is 456 g/mol. The van der Waals surface area contributed by atoms with Crippen molar-refractivity contribution in [2.75, 3.05) is 6.54 Å². The van der Waals surface area contributed by atoms with Gasteiger partial charge in [0.15, 0.2) is 11.5 Å². The van der Waals surface area contributed by atoms with Crippen LogP contribution in [-0.4, -0.2) is 23.6 Å². The van der Waals surface area contributed by atoms with Gasteiger partial charge in [-0.2, -0.15) is 0 Å². The van der Waals surface area contributed by atoms with Gasteiger partial charge in [0.25, 0.3) is 0 Å². The maximum absolute atomic E-state index is 13.4. The summed E-state index contributed by atoms with van der Waals surface area (Å²) in [6.07, 6.45) is 0.101. The van der Waals surface area contributed by atoms with E-state index >= 15 is 0 Å². The molecule has 0 spiro atoms. The smallest absolute Gasteiger partial charge is 0.162 e. The van der Waals surface area contributed by atoms with E-state index < -0.39 is 0 Å². The van der Waals surface area contributed by atoms with Crippen molar-refractivity contribution in [2.24, 2.45) is 0 Å². The first kappa shape index (κ1) is 19.9. The second-order valence-corrected chi connectivity index (χ2v) is 8.24. The zero-order valence-electron chi connectivity index (χ0n) is 16.2. The number of hydrogen-bond acceptors (Lipinski definition) is 3.